The summed E-state index contributed by atoms with van der Waals surface area (Å²) in [6.45, 7) is 0.179. The average Bonchev–Trinajstić information content (AvgIpc) is 2.50. The fourth-order valence-corrected chi connectivity index (χ4v) is 2.47. The van der Waals surface area contributed by atoms with Crippen molar-refractivity contribution in [2.24, 2.45) is 0 Å². The zero-order valence-electron chi connectivity index (χ0n) is 10.9. The van der Waals surface area contributed by atoms with Crippen LogP contribution in [0.1, 0.15) is 17.0 Å². The van der Waals surface area contributed by atoms with Crippen LogP contribution in [0.5, 0.6) is 11.5 Å². The number of aliphatic hydroxyl groups is 1. The molecule has 0 radical (unpaired) electrons. The molecule has 0 fully saturated rings. The van der Waals surface area contributed by atoms with Gasteiger partial charge >= 0.3 is 0 Å². The summed E-state index contributed by atoms with van der Waals surface area (Å²) in [4.78, 5) is 12.4. The van der Waals surface area contributed by atoms with E-state index in [9.17, 15) is 4.79 Å². The number of benzene rings is 2. The second kappa shape index (κ2) is 5.35. The van der Waals surface area contributed by atoms with Crippen molar-refractivity contribution in [3.8, 4) is 11.5 Å². The first kappa shape index (κ1) is 12.7. The molecule has 0 aromatic heterocycles. The lowest BCUT2D eigenvalue weighted by atomic mass is 9.87. The average molecular weight is 269 g/mol. The molecule has 4 heteroatoms. The summed E-state index contributed by atoms with van der Waals surface area (Å²) in [5, 5.41) is 11.6. The third kappa shape index (κ3) is 2.14. The molecule has 0 saturated heterocycles. The molecule has 0 unspecified atom stereocenters. The molecule has 1 aliphatic rings. The molecular formula is C16H15NO3. The Kier molecular flexibility index (Phi) is 3.39. The van der Waals surface area contributed by atoms with Gasteiger partial charge in [0.25, 0.3) is 0 Å². The van der Waals surface area contributed by atoms with Gasteiger partial charge in [-0.25, -0.2) is 0 Å². The van der Waals surface area contributed by atoms with E-state index in [2.05, 4.69) is 5.32 Å². The van der Waals surface area contributed by atoms with Crippen LogP contribution in [0.3, 0.4) is 0 Å². The molecule has 20 heavy (non-hydrogen) atoms. The molecule has 1 aliphatic heterocycles. The summed E-state index contributed by atoms with van der Waals surface area (Å²) in [6.07, 6.45) is 0. The van der Waals surface area contributed by atoms with Crippen LogP contribution in [-0.2, 0) is 4.79 Å². The number of nitrogens with one attached hydrogen (secondary N) is 1. The fourth-order valence-electron chi connectivity index (χ4n) is 2.47. The molecule has 2 aromatic rings. The van der Waals surface area contributed by atoms with E-state index < -0.39 is 5.92 Å². The number of aliphatic hydroxyl groups excluding tert-OH is 1. The van der Waals surface area contributed by atoms with Gasteiger partial charge in [0.1, 0.15) is 11.5 Å². The predicted molar refractivity (Wildman–Crippen MR) is 74.9 cm³/mol. The van der Waals surface area contributed by atoms with Crippen LogP contribution in [0.15, 0.2) is 48.5 Å². The first-order valence-electron chi connectivity index (χ1n) is 6.55. The first-order valence-corrected chi connectivity index (χ1v) is 6.55. The minimum Gasteiger partial charge on any atom is -0.457 e. The van der Waals surface area contributed by atoms with Crippen molar-refractivity contribution >= 4 is 5.91 Å². The topological polar surface area (TPSA) is 58.6 Å². The number of ether oxygens (including phenoxy) is 1. The Morgan fingerprint density at radius 1 is 1.05 bits per heavy atom. The van der Waals surface area contributed by atoms with Gasteiger partial charge in [-0.1, -0.05) is 36.4 Å². The molecule has 0 saturated carbocycles. The van der Waals surface area contributed by atoms with Crippen LogP contribution >= 0.6 is 0 Å². The van der Waals surface area contributed by atoms with Crippen molar-refractivity contribution in [2.45, 2.75) is 5.92 Å². The Bertz CT molecular complexity index is 594. The van der Waals surface area contributed by atoms with Gasteiger partial charge in [-0.15, -0.1) is 0 Å². The molecule has 1 heterocycles. The molecule has 0 spiro atoms. The lowest BCUT2D eigenvalue weighted by molar-refractivity contribution is -0.122. The quantitative estimate of drug-likeness (QED) is 0.896. The van der Waals surface area contributed by atoms with Crippen molar-refractivity contribution < 1.29 is 14.6 Å². The highest BCUT2D eigenvalue weighted by atomic mass is 16.5. The van der Waals surface area contributed by atoms with Gasteiger partial charge in [0.2, 0.25) is 5.91 Å². The third-order valence-electron chi connectivity index (χ3n) is 3.35. The maximum absolute atomic E-state index is 12.4. The number of hydrogen-bond acceptors (Lipinski definition) is 3. The number of rotatable bonds is 3. The van der Waals surface area contributed by atoms with Crippen molar-refractivity contribution in [2.75, 3.05) is 13.2 Å². The number of para-hydroxylation sites is 2. The Labute approximate surface area is 117 Å². The van der Waals surface area contributed by atoms with Crippen LogP contribution in [0, 0.1) is 0 Å². The smallest absolute Gasteiger partial charge is 0.232 e. The third-order valence-corrected chi connectivity index (χ3v) is 3.35. The largest absolute Gasteiger partial charge is 0.457 e. The Hall–Kier alpha value is -2.33. The van der Waals surface area contributed by atoms with E-state index in [4.69, 9.17) is 9.84 Å². The van der Waals surface area contributed by atoms with Gasteiger partial charge in [-0.3, -0.25) is 4.79 Å². The minimum atomic E-state index is -0.400. The Morgan fingerprint density at radius 2 is 1.60 bits per heavy atom. The highest BCUT2D eigenvalue weighted by Gasteiger charge is 2.31. The van der Waals surface area contributed by atoms with Crippen LogP contribution in [0.4, 0.5) is 0 Å². The number of carbonyl (C=O) groups is 1. The van der Waals surface area contributed by atoms with Crippen LogP contribution in [0.2, 0.25) is 0 Å². The van der Waals surface area contributed by atoms with Crippen molar-refractivity contribution in [1.29, 1.82) is 0 Å². The predicted octanol–water partition coefficient (Wildman–Crippen LogP) is 2.03. The van der Waals surface area contributed by atoms with Crippen molar-refractivity contribution in [3.63, 3.8) is 0 Å². The monoisotopic (exact) mass is 269 g/mol. The SMILES string of the molecule is O=C(NCCO)C1c2ccccc2Oc2ccccc21. The normalized spacial score (nSPS) is 13.1. The van der Waals surface area contributed by atoms with Gasteiger partial charge in [0.15, 0.2) is 0 Å². The van der Waals surface area contributed by atoms with Crippen LogP contribution < -0.4 is 10.1 Å². The standard InChI is InChI=1S/C16H15NO3/c18-10-9-17-16(19)15-11-5-1-3-7-13(11)20-14-8-4-2-6-12(14)15/h1-8,15,18H,9-10H2,(H,17,19). The molecule has 0 aliphatic carbocycles. The van der Waals surface area contributed by atoms with E-state index >= 15 is 0 Å². The van der Waals surface area contributed by atoms with E-state index in [1.807, 2.05) is 48.5 Å². The Morgan fingerprint density at radius 3 is 2.15 bits per heavy atom. The lowest BCUT2D eigenvalue weighted by Gasteiger charge is -2.27. The van der Waals surface area contributed by atoms with E-state index in [0.29, 0.717) is 11.5 Å². The molecular weight excluding hydrogens is 254 g/mol. The molecule has 2 aromatic carbocycles. The number of fused-ring (bicyclic) bond motifs is 2. The zero-order chi connectivity index (χ0) is 13.9. The summed E-state index contributed by atoms with van der Waals surface area (Å²) >= 11 is 0. The Balaban J connectivity index is 2.05. The highest BCUT2D eigenvalue weighted by molar-refractivity contribution is 5.89. The summed E-state index contributed by atoms with van der Waals surface area (Å²) in [6, 6.07) is 15.1. The van der Waals surface area contributed by atoms with Crippen molar-refractivity contribution in [1.82, 2.24) is 5.32 Å². The fraction of sp³-hybridized carbons (Fsp3) is 0.188. The van der Waals surface area contributed by atoms with Gasteiger partial charge in [-0.05, 0) is 12.1 Å². The molecule has 4 nitrogen and oxygen atoms in total. The summed E-state index contributed by atoms with van der Waals surface area (Å²) in [5.74, 6) is 0.885. The van der Waals surface area contributed by atoms with Gasteiger partial charge < -0.3 is 15.2 Å². The number of carbonyl (C=O) groups excluding carboxylic acids is 1. The summed E-state index contributed by atoms with van der Waals surface area (Å²) in [5.41, 5.74) is 1.70. The molecule has 1 amide bonds. The van der Waals surface area contributed by atoms with Gasteiger partial charge in [-0.2, -0.15) is 0 Å². The van der Waals surface area contributed by atoms with E-state index in [1.165, 1.54) is 0 Å². The van der Waals surface area contributed by atoms with Crippen molar-refractivity contribution in [3.05, 3.63) is 59.7 Å². The second-order valence-electron chi connectivity index (χ2n) is 4.63. The van der Waals surface area contributed by atoms with E-state index in [0.717, 1.165) is 11.1 Å². The van der Waals surface area contributed by atoms with E-state index in [1.54, 1.807) is 0 Å². The molecule has 2 N–H and O–H groups in total. The first-order chi connectivity index (χ1) is 9.81. The molecule has 3 rings (SSSR count). The summed E-state index contributed by atoms with van der Waals surface area (Å²) in [7, 11) is 0. The molecule has 0 bridgehead atoms. The summed E-state index contributed by atoms with van der Waals surface area (Å²) < 4.78 is 5.83. The number of hydrogen-bond donors (Lipinski definition) is 2. The van der Waals surface area contributed by atoms with Gasteiger partial charge in [0.05, 0.1) is 12.5 Å². The minimum absolute atomic E-state index is 0.0712. The van der Waals surface area contributed by atoms with Crippen LogP contribution in [0.25, 0.3) is 0 Å². The maximum atomic E-state index is 12.4. The molecule has 102 valence electrons. The zero-order valence-corrected chi connectivity index (χ0v) is 10.9. The van der Waals surface area contributed by atoms with E-state index in [-0.39, 0.29) is 19.1 Å². The molecule has 0 atom stereocenters. The highest BCUT2D eigenvalue weighted by Crippen LogP contribution is 2.43. The number of amides is 1. The maximum Gasteiger partial charge on any atom is 0.232 e. The van der Waals surface area contributed by atoms with Gasteiger partial charge in [0, 0.05) is 17.7 Å². The van der Waals surface area contributed by atoms with Crippen LogP contribution in [-0.4, -0.2) is 24.2 Å². The second-order valence-corrected chi connectivity index (χ2v) is 4.63. The lowest BCUT2D eigenvalue weighted by Crippen LogP contribution is -2.33.